The van der Waals surface area contributed by atoms with Crippen molar-refractivity contribution in [2.75, 3.05) is 59.7 Å². The summed E-state index contributed by atoms with van der Waals surface area (Å²) in [5, 5.41) is 21.4. The summed E-state index contributed by atoms with van der Waals surface area (Å²) in [7, 11) is 0. The molecular weight excluding hydrogens is 926 g/mol. The number of carbonyl (C=O) groups excluding carboxylic acids is 5. The average molecular weight is 977 g/mol. The second kappa shape index (κ2) is 17.9. The minimum atomic E-state index is -1.31. The Morgan fingerprint density at radius 3 is 2.30 bits per heavy atom. The number of aromatic nitrogens is 3. The van der Waals surface area contributed by atoms with E-state index in [0.29, 0.717) is 29.5 Å². The van der Waals surface area contributed by atoms with E-state index in [2.05, 4.69) is 30.8 Å². The lowest BCUT2D eigenvalue weighted by Gasteiger charge is -2.55. The van der Waals surface area contributed by atoms with Gasteiger partial charge in [0.2, 0.25) is 17.7 Å². The largest absolute Gasteiger partial charge is 0.389 e. The van der Waals surface area contributed by atoms with Crippen molar-refractivity contribution in [1.82, 2.24) is 29.7 Å². The molecule has 2 aromatic heterocycles. The number of nitrogens with zero attached hydrogens (tertiary/aromatic N) is 7. The molecule has 364 valence electrons. The first-order valence-corrected chi connectivity index (χ1v) is 24.7. The fourth-order valence-corrected chi connectivity index (χ4v) is 11.8. The van der Waals surface area contributed by atoms with Crippen molar-refractivity contribution < 1.29 is 42.3 Å². The molecule has 0 aliphatic carbocycles. The van der Waals surface area contributed by atoms with Crippen LogP contribution in [0.3, 0.4) is 0 Å². The summed E-state index contributed by atoms with van der Waals surface area (Å²) < 4.78 is 48.6. The zero-order valence-corrected chi connectivity index (χ0v) is 39.0. The highest BCUT2D eigenvalue weighted by atomic mass is 32.1. The molecule has 5 aromatic rings. The lowest BCUT2D eigenvalue weighted by atomic mass is 9.71. The highest BCUT2D eigenvalue weighted by Gasteiger charge is 2.48. The summed E-state index contributed by atoms with van der Waals surface area (Å²) >= 11 is 1.26. The minimum Gasteiger partial charge on any atom is -0.389 e. The van der Waals surface area contributed by atoms with Crippen LogP contribution < -0.4 is 25.8 Å². The number of benzene rings is 3. The molecule has 4 N–H and O–H groups in total. The first kappa shape index (κ1) is 45.6. The van der Waals surface area contributed by atoms with Crippen LogP contribution >= 0.6 is 11.3 Å². The van der Waals surface area contributed by atoms with Crippen LogP contribution in [0.25, 0.3) is 11.1 Å². The number of amides is 5. The van der Waals surface area contributed by atoms with E-state index in [1.165, 1.54) is 27.2 Å². The molecule has 16 nitrogen and oxygen atoms in total. The van der Waals surface area contributed by atoms with Crippen LogP contribution in [-0.2, 0) is 38.7 Å². The molecule has 20 heteroatoms. The summed E-state index contributed by atoms with van der Waals surface area (Å²) in [6.45, 7) is 3.73. The third-order valence-electron chi connectivity index (χ3n) is 15.2. The number of halogens is 3. The van der Waals surface area contributed by atoms with Crippen LogP contribution in [0.2, 0.25) is 0 Å². The highest BCUT2D eigenvalue weighted by Crippen LogP contribution is 2.44. The Bertz CT molecular complexity index is 2880. The van der Waals surface area contributed by atoms with Gasteiger partial charge in [0.15, 0.2) is 22.8 Å². The number of imide groups is 1. The van der Waals surface area contributed by atoms with Gasteiger partial charge in [-0.2, -0.15) is 0 Å². The van der Waals surface area contributed by atoms with Crippen LogP contribution in [0.15, 0.2) is 66.4 Å². The molecule has 4 saturated heterocycles. The number of carbonyl (C=O) groups is 5. The van der Waals surface area contributed by atoms with Crippen LogP contribution in [-0.4, -0.2) is 110 Å². The number of piperidine rings is 3. The second-order valence-corrected chi connectivity index (χ2v) is 20.5. The fourth-order valence-electron chi connectivity index (χ4n) is 11.2. The lowest BCUT2D eigenvalue weighted by Crippen LogP contribution is -2.62. The summed E-state index contributed by atoms with van der Waals surface area (Å²) in [4.78, 5) is 80.9. The summed E-state index contributed by atoms with van der Waals surface area (Å²) in [6.07, 6.45) is 7.21. The van der Waals surface area contributed by atoms with Gasteiger partial charge in [-0.3, -0.25) is 34.6 Å². The number of rotatable bonds is 11. The maximum Gasteiger partial charge on any atom is 0.255 e. The van der Waals surface area contributed by atoms with Gasteiger partial charge < -0.3 is 34.6 Å². The number of nitrogens with one attached hydrogen (secondary N) is 3. The average Bonchev–Trinajstić information content (AvgIpc) is 4.15. The number of aliphatic hydroxyl groups is 1. The molecule has 11 rings (SSSR count). The third-order valence-corrected chi connectivity index (χ3v) is 15.9. The Morgan fingerprint density at radius 2 is 1.60 bits per heavy atom. The van der Waals surface area contributed by atoms with Crippen molar-refractivity contribution in [3.8, 4) is 11.1 Å². The van der Waals surface area contributed by atoms with Crippen LogP contribution in [0.1, 0.15) is 84.7 Å². The number of imidazole rings is 1. The van der Waals surface area contributed by atoms with Crippen molar-refractivity contribution >= 4 is 63.1 Å². The molecule has 70 heavy (non-hydrogen) atoms. The molecule has 1 spiro atoms. The Balaban J connectivity index is 0.673. The SMILES string of the molecule is O=C1CCC(Nc2cc(F)c(N3CCC(O)(CC(=O)N4CC5(CCN(c6ccc(-c7cc(F)c8c(c7)C(=O)N(C(C(=O)Nc7nccs7)c7ncn9c7CCC9)C8)cc6)CC5)C4)CC3)c(F)c2)C(=O)N1. The fraction of sp³-hybridized carbons (Fsp3) is 0.420. The number of anilines is 4. The summed E-state index contributed by atoms with van der Waals surface area (Å²) in [5.41, 5.74) is 2.65. The highest BCUT2D eigenvalue weighted by molar-refractivity contribution is 7.13. The van der Waals surface area contributed by atoms with E-state index in [0.717, 1.165) is 74.4 Å². The molecule has 6 aliphatic heterocycles. The maximum absolute atomic E-state index is 16.0. The Kier molecular flexibility index (Phi) is 11.6. The zero-order chi connectivity index (χ0) is 48.5. The van der Waals surface area contributed by atoms with Gasteiger partial charge in [-0.05, 0) is 92.5 Å². The molecule has 0 bridgehead atoms. The molecule has 6 aliphatic rings. The molecule has 2 unspecified atom stereocenters. The molecule has 5 amide bonds. The van der Waals surface area contributed by atoms with Crippen LogP contribution in [0.4, 0.5) is 35.4 Å². The molecule has 3 aromatic carbocycles. The molecule has 2 atom stereocenters. The van der Waals surface area contributed by atoms with E-state index in [4.69, 9.17) is 0 Å². The van der Waals surface area contributed by atoms with Gasteiger partial charge in [-0.1, -0.05) is 12.1 Å². The van der Waals surface area contributed by atoms with E-state index in [9.17, 15) is 29.1 Å². The van der Waals surface area contributed by atoms with Gasteiger partial charge in [0, 0.05) is 97.4 Å². The number of hydrogen-bond donors (Lipinski definition) is 4. The quantitative estimate of drug-likeness (QED) is 0.118. The van der Waals surface area contributed by atoms with Crippen molar-refractivity contribution in [2.45, 2.75) is 88.6 Å². The molecule has 8 heterocycles. The van der Waals surface area contributed by atoms with Gasteiger partial charge >= 0.3 is 0 Å². The van der Waals surface area contributed by atoms with E-state index in [-0.39, 0.29) is 85.6 Å². The molecular formula is C50H51F3N10O6S. The number of aryl methyl sites for hydroxylation is 1. The zero-order valence-electron chi connectivity index (χ0n) is 38.2. The predicted molar refractivity (Wildman–Crippen MR) is 253 cm³/mol. The van der Waals surface area contributed by atoms with Gasteiger partial charge in [-0.25, -0.2) is 23.1 Å². The predicted octanol–water partition coefficient (Wildman–Crippen LogP) is 5.77. The van der Waals surface area contributed by atoms with Crippen molar-refractivity contribution in [3.05, 3.63) is 106 Å². The lowest BCUT2D eigenvalue weighted by molar-refractivity contribution is -0.151. The Labute approximate surface area is 404 Å². The first-order chi connectivity index (χ1) is 33.7. The Morgan fingerprint density at radius 1 is 0.871 bits per heavy atom. The Hall–Kier alpha value is -6.80. The minimum absolute atomic E-state index is 0.0208. The standard InChI is InChI=1S/C50H51F3N10O6S/c51-35-21-30(20-33-34(35)25-63(47(33)68)44(46(67)58-48-54-13-19-70-48)42-39-2-1-14-61(39)28-55-42)29-3-5-32(6-4-29)59-15-9-49(10-16-59)26-62(27-49)41(65)24-50(69)11-17-60(18-12-50)43-36(52)22-31(23-37(43)53)56-38-7-8-40(64)57-45(38)66/h3-6,13,19-23,28,38,44,56,69H,1-2,7-12,14-18,24-27H2,(H,54,58,67)(H,57,64,66). The monoisotopic (exact) mass is 976 g/mol. The number of likely N-dealkylation sites (tertiary alicyclic amines) is 1. The number of thiazole rings is 1. The van der Waals surface area contributed by atoms with Crippen LogP contribution in [0.5, 0.6) is 0 Å². The number of hydrogen-bond acceptors (Lipinski definition) is 12. The third kappa shape index (κ3) is 8.54. The van der Waals surface area contributed by atoms with Gasteiger partial charge in [0.1, 0.15) is 17.5 Å². The maximum atomic E-state index is 16.0. The molecule has 0 radical (unpaired) electrons. The van der Waals surface area contributed by atoms with Crippen molar-refractivity contribution in [1.29, 1.82) is 0 Å². The molecule has 4 fully saturated rings. The molecule has 0 saturated carbocycles. The van der Waals surface area contributed by atoms with E-state index in [1.54, 1.807) is 28.9 Å². The van der Waals surface area contributed by atoms with E-state index < -0.39 is 58.8 Å². The summed E-state index contributed by atoms with van der Waals surface area (Å²) in [6, 6.07) is 11.3. The number of fused-ring (bicyclic) bond motifs is 2. The summed E-state index contributed by atoms with van der Waals surface area (Å²) in [5.74, 6) is -4.15. The van der Waals surface area contributed by atoms with Gasteiger partial charge in [0.05, 0.1) is 30.6 Å². The first-order valence-electron chi connectivity index (χ1n) is 23.8. The van der Waals surface area contributed by atoms with Crippen molar-refractivity contribution in [3.63, 3.8) is 0 Å². The second-order valence-electron chi connectivity index (χ2n) is 19.6. The smallest absolute Gasteiger partial charge is 0.255 e. The van der Waals surface area contributed by atoms with Gasteiger partial charge in [-0.15, -0.1) is 11.3 Å². The van der Waals surface area contributed by atoms with E-state index >= 15 is 13.2 Å². The van der Waals surface area contributed by atoms with Crippen LogP contribution in [0, 0.1) is 22.9 Å². The van der Waals surface area contributed by atoms with E-state index in [1.807, 2.05) is 28.8 Å². The van der Waals surface area contributed by atoms with Gasteiger partial charge in [0.25, 0.3) is 11.8 Å². The normalized spacial score (nSPS) is 20.8. The van der Waals surface area contributed by atoms with Crippen molar-refractivity contribution in [2.24, 2.45) is 5.41 Å². The topological polar surface area (TPSA) is 185 Å².